The summed E-state index contributed by atoms with van der Waals surface area (Å²) in [4.78, 5) is 0. The lowest BCUT2D eigenvalue weighted by Crippen LogP contribution is -1.99. The third-order valence-corrected chi connectivity index (χ3v) is 4.62. The van der Waals surface area contributed by atoms with E-state index in [0.29, 0.717) is 0 Å². The molecule has 3 rings (SSSR count). The third-order valence-electron chi connectivity index (χ3n) is 3.90. The van der Waals surface area contributed by atoms with E-state index in [2.05, 4.69) is 37.3 Å². The number of hydrogen-bond donors (Lipinski definition) is 0. The highest BCUT2D eigenvalue weighted by atomic mass is 35.5. The van der Waals surface area contributed by atoms with Gasteiger partial charge < -0.3 is 0 Å². The average Bonchev–Trinajstić information content (AvgIpc) is 2.50. The SMILES string of the molecule is Cc1ccccc1CC(Cl)c1ccc(Cl)c2ccccc12. The number of rotatable bonds is 3. The number of alkyl halides is 1. The fourth-order valence-electron chi connectivity index (χ4n) is 2.70. The summed E-state index contributed by atoms with van der Waals surface area (Å²) in [6.07, 6.45) is 0.819. The molecule has 1 atom stereocenters. The van der Waals surface area contributed by atoms with E-state index in [1.165, 1.54) is 11.1 Å². The average molecular weight is 315 g/mol. The summed E-state index contributed by atoms with van der Waals surface area (Å²) in [5.74, 6) is 0. The lowest BCUT2D eigenvalue weighted by Gasteiger charge is -2.15. The van der Waals surface area contributed by atoms with Crippen LogP contribution in [0.4, 0.5) is 0 Å². The van der Waals surface area contributed by atoms with Crippen LogP contribution in [0.5, 0.6) is 0 Å². The predicted molar refractivity (Wildman–Crippen MR) is 92.4 cm³/mol. The van der Waals surface area contributed by atoms with Gasteiger partial charge in [-0.3, -0.25) is 0 Å². The maximum atomic E-state index is 6.70. The van der Waals surface area contributed by atoms with Crippen molar-refractivity contribution in [2.45, 2.75) is 18.7 Å². The molecule has 0 aliphatic rings. The summed E-state index contributed by atoms with van der Waals surface area (Å²) in [7, 11) is 0. The van der Waals surface area contributed by atoms with Gasteiger partial charge in [0.15, 0.2) is 0 Å². The van der Waals surface area contributed by atoms with Crippen molar-refractivity contribution in [3.63, 3.8) is 0 Å². The summed E-state index contributed by atoms with van der Waals surface area (Å²) >= 11 is 13.0. The summed E-state index contributed by atoms with van der Waals surface area (Å²) in [5.41, 5.74) is 3.71. The first-order chi connectivity index (χ1) is 10.2. The highest BCUT2D eigenvalue weighted by Crippen LogP contribution is 2.34. The lowest BCUT2D eigenvalue weighted by molar-refractivity contribution is 0.919. The molecule has 0 nitrogen and oxygen atoms in total. The first-order valence-corrected chi connectivity index (χ1v) is 7.84. The van der Waals surface area contributed by atoms with Gasteiger partial charge in [0.05, 0.1) is 5.38 Å². The number of halogens is 2. The van der Waals surface area contributed by atoms with E-state index in [9.17, 15) is 0 Å². The monoisotopic (exact) mass is 314 g/mol. The largest absolute Gasteiger partial charge is 0.117 e. The molecule has 21 heavy (non-hydrogen) atoms. The minimum atomic E-state index is -0.0618. The van der Waals surface area contributed by atoms with Crippen LogP contribution in [0.25, 0.3) is 10.8 Å². The van der Waals surface area contributed by atoms with Gasteiger partial charge in [0.25, 0.3) is 0 Å². The van der Waals surface area contributed by atoms with Crippen LogP contribution in [-0.4, -0.2) is 0 Å². The second-order valence-corrected chi connectivity index (χ2v) is 6.21. The minimum absolute atomic E-state index is 0.0618. The van der Waals surface area contributed by atoms with E-state index in [-0.39, 0.29) is 5.38 Å². The lowest BCUT2D eigenvalue weighted by atomic mass is 9.96. The number of hydrogen-bond acceptors (Lipinski definition) is 0. The Bertz CT molecular complexity index is 777. The molecule has 0 bridgehead atoms. The van der Waals surface area contributed by atoms with Gasteiger partial charge in [0.2, 0.25) is 0 Å². The van der Waals surface area contributed by atoms with Crippen LogP contribution in [-0.2, 0) is 6.42 Å². The number of fused-ring (bicyclic) bond motifs is 1. The van der Waals surface area contributed by atoms with Crippen LogP contribution in [0, 0.1) is 6.92 Å². The van der Waals surface area contributed by atoms with Crippen LogP contribution >= 0.6 is 23.2 Å². The molecule has 0 aliphatic heterocycles. The molecule has 0 saturated carbocycles. The molecule has 0 saturated heterocycles. The van der Waals surface area contributed by atoms with Gasteiger partial charge in [-0.1, -0.05) is 66.2 Å². The molecular formula is C19H16Cl2. The van der Waals surface area contributed by atoms with E-state index in [4.69, 9.17) is 23.2 Å². The van der Waals surface area contributed by atoms with E-state index in [1.807, 2.05) is 30.3 Å². The first kappa shape index (κ1) is 14.4. The van der Waals surface area contributed by atoms with E-state index in [0.717, 1.165) is 27.8 Å². The highest BCUT2D eigenvalue weighted by molar-refractivity contribution is 6.35. The second kappa shape index (κ2) is 6.09. The summed E-state index contributed by atoms with van der Waals surface area (Å²) < 4.78 is 0. The summed E-state index contributed by atoms with van der Waals surface area (Å²) in [5, 5.41) is 2.91. The van der Waals surface area contributed by atoms with Crippen LogP contribution in [0.15, 0.2) is 60.7 Å². The van der Waals surface area contributed by atoms with Crippen molar-refractivity contribution in [1.82, 2.24) is 0 Å². The molecule has 0 radical (unpaired) electrons. The van der Waals surface area contributed by atoms with Crippen molar-refractivity contribution in [2.24, 2.45) is 0 Å². The highest BCUT2D eigenvalue weighted by Gasteiger charge is 2.14. The van der Waals surface area contributed by atoms with Crippen molar-refractivity contribution in [1.29, 1.82) is 0 Å². The Kier molecular flexibility index (Phi) is 4.19. The normalized spacial score (nSPS) is 12.5. The van der Waals surface area contributed by atoms with Gasteiger partial charge in [-0.15, -0.1) is 11.6 Å². The molecule has 1 unspecified atom stereocenters. The van der Waals surface area contributed by atoms with Gasteiger partial charge in [-0.05, 0) is 41.5 Å². The zero-order chi connectivity index (χ0) is 14.8. The maximum absolute atomic E-state index is 6.70. The van der Waals surface area contributed by atoms with Gasteiger partial charge in [-0.25, -0.2) is 0 Å². The topological polar surface area (TPSA) is 0 Å². The van der Waals surface area contributed by atoms with Gasteiger partial charge >= 0.3 is 0 Å². The Balaban J connectivity index is 2.01. The molecule has 0 heterocycles. The summed E-state index contributed by atoms with van der Waals surface area (Å²) in [6.45, 7) is 2.12. The minimum Gasteiger partial charge on any atom is -0.117 e. The molecule has 0 aromatic heterocycles. The number of aryl methyl sites for hydroxylation is 1. The molecule has 2 heteroatoms. The molecule has 0 amide bonds. The van der Waals surface area contributed by atoms with Gasteiger partial charge in [0, 0.05) is 10.4 Å². The smallest absolute Gasteiger partial charge is 0.0631 e. The van der Waals surface area contributed by atoms with Gasteiger partial charge in [0.1, 0.15) is 0 Å². The Morgan fingerprint density at radius 3 is 2.29 bits per heavy atom. The molecule has 0 spiro atoms. The van der Waals surface area contributed by atoms with Crippen molar-refractivity contribution in [2.75, 3.05) is 0 Å². The van der Waals surface area contributed by atoms with Crippen molar-refractivity contribution >= 4 is 34.0 Å². The predicted octanol–water partition coefficient (Wildman–Crippen LogP) is 6.32. The Labute approximate surface area is 135 Å². The number of benzene rings is 3. The molecule has 3 aromatic rings. The first-order valence-electron chi connectivity index (χ1n) is 7.02. The molecular weight excluding hydrogens is 299 g/mol. The maximum Gasteiger partial charge on any atom is 0.0631 e. The van der Waals surface area contributed by atoms with Gasteiger partial charge in [-0.2, -0.15) is 0 Å². The molecule has 0 aliphatic carbocycles. The zero-order valence-electron chi connectivity index (χ0n) is 11.8. The molecule has 0 fully saturated rings. The van der Waals surface area contributed by atoms with Crippen LogP contribution in [0.1, 0.15) is 22.1 Å². The van der Waals surface area contributed by atoms with Crippen molar-refractivity contribution in [3.05, 3.63) is 82.4 Å². The third kappa shape index (κ3) is 2.92. The van der Waals surface area contributed by atoms with E-state index >= 15 is 0 Å². The standard InChI is InChI=1S/C19H16Cl2/c1-13-6-2-3-7-14(13)12-19(21)17-10-11-18(20)16-9-5-4-8-15(16)17/h2-11,19H,12H2,1H3. The van der Waals surface area contributed by atoms with Crippen molar-refractivity contribution in [3.8, 4) is 0 Å². The molecule has 0 N–H and O–H groups in total. The van der Waals surface area contributed by atoms with Crippen LogP contribution < -0.4 is 0 Å². The quantitative estimate of drug-likeness (QED) is 0.496. The Hall–Kier alpha value is -1.50. The van der Waals surface area contributed by atoms with Crippen molar-refractivity contribution < 1.29 is 0 Å². The van der Waals surface area contributed by atoms with E-state index in [1.54, 1.807) is 0 Å². The Morgan fingerprint density at radius 2 is 1.52 bits per heavy atom. The van der Waals surface area contributed by atoms with E-state index < -0.39 is 0 Å². The second-order valence-electron chi connectivity index (χ2n) is 5.28. The summed E-state index contributed by atoms with van der Waals surface area (Å²) in [6, 6.07) is 20.5. The zero-order valence-corrected chi connectivity index (χ0v) is 13.3. The fourth-order valence-corrected chi connectivity index (χ4v) is 3.29. The molecule has 106 valence electrons. The Morgan fingerprint density at radius 1 is 0.857 bits per heavy atom. The van der Waals surface area contributed by atoms with Crippen LogP contribution in [0.3, 0.4) is 0 Å². The fraction of sp³-hybridized carbons (Fsp3) is 0.158. The molecule has 3 aromatic carbocycles. The van der Waals surface area contributed by atoms with Crippen LogP contribution in [0.2, 0.25) is 5.02 Å².